The van der Waals surface area contributed by atoms with E-state index in [-0.39, 0.29) is 0 Å². The molecule has 1 heterocycles. The van der Waals surface area contributed by atoms with Crippen molar-refractivity contribution in [1.82, 2.24) is 15.0 Å². The van der Waals surface area contributed by atoms with Crippen LogP contribution in [0.5, 0.6) is 0 Å². The van der Waals surface area contributed by atoms with E-state index >= 15 is 0 Å². The maximum Gasteiger partial charge on any atom is 0.0863 e. The first-order chi connectivity index (χ1) is 15.5. The van der Waals surface area contributed by atoms with Crippen LogP contribution >= 0.6 is 0 Å². The number of rotatable bonds is 3. The molecular weight excluding hydrogens is 390 g/mol. The second-order valence-electron chi connectivity index (χ2n) is 12.1. The molecule has 170 valence electrons. The molecule has 3 fully saturated rings. The summed E-state index contributed by atoms with van der Waals surface area (Å²) in [5, 5.41) is 9.26. The van der Waals surface area contributed by atoms with Crippen LogP contribution in [0, 0.1) is 34.5 Å². The molecule has 4 aliphatic carbocycles. The zero-order chi connectivity index (χ0) is 21.9. The molecule has 3 heteroatoms. The highest BCUT2D eigenvalue weighted by atomic mass is 15.4. The molecule has 1 aromatic carbocycles. The van der Waals surface area contributed by atoms with Gasteiger partial charge >= 0.3 is 0 Å². The molecule has 0 amide bonds. The van der Waals surface area contributed by atoms with Crippen LogP contribution in [0.1, 0.15) is 89.3 Å². The Hall–Kier alpha value is -1.90. The fraction of sp³-hybridized carbons (Fsp3) is 0.655. The Balaban J connectivity index is 1.24. The highest BCUT2D eigenvalue weighted by molar-refractivity contribution is 5.26. The maximum atomic E-state index is 4.72. The van der Waals surface area contributed by atoms with E-state index in [1.54, 1.807) is 0 Å². The topological polar surface area (TPSA) is 30.7 Å². The molecule has 0 N–H and O–H groups in total. The smallest absolute Gasteiger partial charge is 0.0863 e. The Morgan fingerprint density at radius 2 is 1.84 bits per heavy atom. The first-order valence-electron chi connectivity index (χ1n) is 13.1. The Kier molecular flexibility index (Phi) is 4.89. The number of aromatic nitrogens is 3. The van der Waals surface area contributed by atoms with Gasteiger partial charge in [0.1, 0.15) is 0 Å². The summed E-state index contributed by atoms with van der Waals surface area (Å²) >= 11 is 0. The quantitative estimate of drug-likeness (QED) is 0.491. The van der Waals surface area contributed by atoms with Gasteiger partial charge in [0.25, 0.3) is 0 Å². The van der Waals surface area contributed by atoms with Gasteiger partial charge in [-0.05, 0) is 91.4 Å². The van der Waals surface area contributed by atoms with Crippen LogP contribution in [0.4, 0.5) is 0 Å². The van der Waals surface area contributed by atoms with E-state index in [0.717, 1.165) is 30.2 Å². The number of benzene rings is 1. The minimum absolute atomic E-state index is 0.387. The standard InChI is InChI=1S/C29H39N3/c1-20-13-15-28(2)22(17-20)9-10-23-24-11-12-26(29(24,3)16-14-25(23)28)27-19-32(31-30-27)18-21-7-5-4-6-8-21/h4-9,19-20,23-26H,10-18H2,1-3H3/t20-,23?,24?,25?,26-,28+,29+/m1/s1. The highest BCUT2D eigenvalue weighted by Gasteiger charge is 2.59. The first-order valence-corrected chi connectivity index (χ1v) is 13.1. The van der Waals surface area contributed by atoms with E-state index in [9.17, 15) is 0 Å². The third kappa shape index (κ3) is 3.14. The second kappa shape index (κ2) is 7.57. The molecular formula is C29H39N3. The molecule has 0 aliphatic heterocycles. The van der Waals surface area contributed by atoms with Crippen LogP contribution in [0.3, 0.4) is 0 Å². The van der Waals surface area contributed by atoms with Crippen molar-refractivity contribution in [2.75, 3.05) is 0 Å². The van der Waals surface area contributed by atoms with Crippen molar-refractivity contribution in [2.45, 2.75) is 84.6 Å². The number of allylic oxidation sites excluding steroid dienone is 2. The lowest BCUT2D eigenvalue weighted by Crippen LogP contribution is -2.49. The van der Waals surface area contributed by atoms with E-state index in [1.807, 2.05) is 10.3 Å². The molecule has 0 spiro atoms. The average Bonchev–Trinajstić information content (AvgIpc) is 3.38. The molecule has 0 bridgehead atoms. The summed E-state index contributed by atoms with van der Waals surface area (Å²) in [4.78, 5) is 0. The predicted octanol–water partition coefficient (Wildman–Crippen LogP) is 7.01. The maximum absolute atomic E-state index is 4.72. The summed E-state index contributed by atoms with van der Waals surface area (Å²) in [6, 6.07) is 10.6. The van der Waals surface area contributed by atoms with Crippen LogP contribution in [0.2, 0.25) is 0 Å². The summed E-state index contributed by atoms with van der Waals surface area (Å²) in [7, 11) is 0. The second-order valence-corrected chi connectivity index (χ2v) is 12.1. The Bertz CT molecular complexity index is 1010. The molecule has 4 aliphatic rings. The molecule has 0 radical (unpaired) electrons. The summed E-state index contributed by atoms with van der Waals surface area (Å²) in [6.07, 6.45) is 15.9. The van der Waals surface area contributed by atoms with E-state index < -0.39 is 0 Å². The monoisotopic (exact) mass is 429 g/mol. The van der Waals surface area contributed by atoms with E-state index in [0.29, 0.717) is 16.7 Å². The Morgan fingerprint density at radius 3 is 2.69 bits per heavy atom. The molecule has 6 rings (SSSR count). The van der Waals surface area contributed by atoms with Crippen LogP contribution < -0.4 is 0 Å². The molecule has 3 unspecified atom stereocenters. The van der Waals surface area contributed by atoms with Crippen LogP contribution in [0.25, 0.3) is 0 Å². The lowest BCUT2D eigenvalue weighted by Gasteiger charge is -2.58. The first kappa shape index (κ1) is 20.7. The van der Waals surface area contributed by atoms with E-state index in [2.05, 4.69) is 68.6 Å². The van der Waals surface area contributed by atoms with Crippen molar-refractivity contribution in [3.05, 3.63) is 59.4 Å². The largest absolute Gasteiger partial charge is 0.248 e. The van der Waals surface area contributed by atoms with Crippen molar-refractivity contribution in [3.63, 3.8) is 0 Å². The van der Waals surface area contributed by atoms with Gasteiger partial charge < -0.3 is 0 Å². The van der Waals surface area contributed by atoms with Crippen molar-refractivity contribution in [1.29, 1.82) is 0 Å². The third-order valence-electron chi connectivity index (χ3n) is 10.5. The number of hydrogen-bond donors (Lipinski definition) is 0. The van der Waals surface area contributed by atoms with Gasteiger partial charge in [-0.1, -0.05) is 68.0 Å². The fourth-order valence-corrected chi connectivity index (χ4v) is 8.65. The molecule has 2 aromatic rings. The van der Waals surface area contributed by atoms with Gasteiger partial charge in [0.2, 0.25) is 0 Å². The molecule has 3 saturated carbocycles. The normalized spacial score (nSPS) is 40.8. The van der Waals surface area contributed by atoms with Gasteiger partial charge in [0.05, 0.1) is 12.2 Å². The molecule has 3 nitrogen and oxygen atoms in total. The van der Waals surface area contributed by atoms with Gasteiger partial charge in [-0.3, -0.25) is 0 Å². The van der Waals surface area contributed by atoms with Crippen LogP contribution in [-0.2, 0) is 6.54 Å². The van der Waals surface area contributed by atoms with Gasteiger partial charge in [0.15, 0.2) is 0 Å². The minimum atomic E-state index is 0.387. The third-order valence-corrected chi connectivity index (χ3v) is 10.5. The predicted molar refractivity (Wildman–Crippen MR) is 129 cm³/mol. The van der Waals surface area contributed by atoms with Crippen molar-refractivity contribution >= 4 is 0 Å². The summed E-state index contributed by atoms with van der Waals surface area (Å²) in [5.74, 6) is 4.08. The number of hydrogen-bond acceptors (Lipinski definition) is 2. The van der Waals surface area contributed by atoms with Gasteiger partial charge in [0, 0.05) is 12.1 Å². The average molecular weight is 430 g/mol. The van der Waals surface area contributed by atoms with Crippen molar-refractivity contribution in [2.24, 2.45) is 34.5 Å². The SMILES string of the molecule is C[C@@H]1CC[C@@]2(C)C(=CCC3C2CC[C@@]2(C)C3CC[C@@H]2c2cn(Cc3ccccc3)nn2)C1. The molecule has 1 aromatic heterocycles. The zero-order valence-corrected chi connectivity index (χ0v) is 20.1. The van der Waals surface area contributed by atoms with E-state index in [1.165, 1.54) is 62.6 Å². The van der Waals surface area contributed by atoms with Gasteiger partial charge in [-0.25, -0.2) is 4.68 Å². The van der Waals surface area contributed by atoms with Gasteiger partial charge in [-0.15, -0.1) is 5.10 Å². The lowest BCUT2D eigenvalue weighted by atomic mass is 9.47. The molecule has 32 heavy (non-hydrogen) atoms. The highest BCUT2D eigenvalue weighted by Crippen LogP contribution is 2.68. The lowest BCUT2D eigenvalue weighted by molar-refractivity contribution is -0.0341. The van der Waals surface area contributed by atoms with Crippen LogP contribution in [-0.4, -0.2) is 15.0 Å². The fourth-order valence-electron chi connectivity index (χ4n) is 8.65. The number of fused-ring (bicyclic) bond motifs is 5. The minimum Gasteiger partial charge on any atom is -0.248 e. The van der Waals surface area contributed by atoms with Crippen LogP contribution in [0.15, 0.2) is 48.2 Å². The molecule has 0 saturated heterocycles. The number of nitrogens with zero attached hydrogens (tertiary/aromatic N) is 3. The summed E-state index contributed by atoms with van der Waals surface area (Å²) < 4.78 is 2.05. The molecule has 7 atom stereocenters. The van der Waals surface area contributed by atoms with Crippen molar-refractivity contribution in [3.8, 4) is 0 Å². The Morgan fingerprint density at radius 1 is 1.00 bits per heavy atom. The van der Waals surface area contributed by atoms with Gasteiger partial charge in [-0.2, -0.15) is 0 Å². The zero-order valence-electron chi connectivity index (χ0n) is 20.1. The summed E-state index contributed by atoms with van der Waals surface area (Å²) in [6.45, 7) is 8.50. The Labute approximate surface area is 193 Å². The van der Waals surface area contributed by atoms with E-state index in [4.69, 9.17) is 5.10 Å². The van der Waals surface area contributed by atoms with Crippen molar-refractivity contribution < 1.29 is 0 Å². The summed E-state index contributed by atoms with van der Waals surface area (Å²) in [5.41, 5.74) is 5.22.